The minimum absolute atomic E-state index is 0.153. The third kappa shape index (κ3) is 3.08. The first kappa shape index (κ1) is 15.0. The van der Waals surface area contributed by atoms with Gasteiger partial charge in [-0.05, 0) is 36.2 Å². The van der Waals surface area contributed by atoms with Gasteiger partial charge < -0.3 is 4.90 Å². The number of hydrogen-bond donors (Lipinski definition) is 0. The monoisotopic (exact) mass is 330 g/mol. The lowest BCUT2D eigenvalue weighted by atomic mass is 10.1. The summed E-state index contributed by atoms with van der Waals surface area (Å²) in [5, 5.41) is 0.830. The molecule has 0 spiro atoms. The molecule has 1 saturated carbocycles. The van der Waals surface area contributed by atoms with Crippen molar-refractivity contribution in [1.82, 2.24) is 4.90 Å². The van der Waals surface area contributed by atoms with Crippen LogP contribution in [0.2, 0.25) is 5.02 Å². The maximum atomic E-state index is 13.0. The zero-order valence-electron chi connectivity index (χ0n) is 13.0. The molecule has 2 aliphatic rings. The highest BCUT2D eigenvalue weighted by molar-refractivity contribution is 6.33. The summed E-state index contributed by atoms with van der Waals surface area (Å²) in [7, 11) is 0. The molecule has 2 aromatic carbocycles. The highest BCUT2D eigenvalue weighted by Gasteiger charge is 2.43. The van der Waals surface area contributed by atoms with Crippen LogP contribution < -0.4 is 4.90 Å². The van der Waals surface area contributed by atoms with E-state index in [9.17, 15) is 4.39 Å². The number of piperazine rings is 1. The molecule has 0 N–H and O–H groups in total. The van der Waals surface area contributed by atoms with Gasteiger partial charge in [0.15, 0.2) is 0 Å². The molecule has 2 atom stereocenters. The van der Waals surface area contributed by atoms with Crippen molar-refractivity contribution >= 4 is 17.3 Å². The second-order valence-corrected chi connectivity index (χ2v) is 6.84. The molecule has 0 amide bonds. The van der Waals surface area contributed by atoms with Gasteiger partial charge in [0, 0.05) is 38.1 Å². The largest absolute Gasteiger partial charge is 0.368 e. The van der Waals surface area contributed by atoms with Crippen molar-refractivity contribution in [2.24, 2.45) is 0 Å². The van der Waals surface area contributed by atoms with Crippen LogP contribution in [0, 0.1) is 5.82 Å². The average molecular weight is 331 g/mol. The summed E-state index contributed by atoms with van der Waals surface area (Å²) in [5.41, 5.74) is 2.41. The minimum Gasteiger partial charge on any atom is -0.368 e. The summed E-state index contributed by atoms with van der Waals surface area (Å²) < 4.78 is 13.0. The van der Waals surface area contributed by atoms with E-state index in [1.165, 1.54) is 12.0 Å². The molecule has 1 aliphatic heterocycles. The van der Waals surface area contributed by atoms with E-state index in [4.69, 9.17) is 11.6 Å². The molecule has 120 valence electrons. The Kier molecular flexibility index (Phi) is 4.00. The van der Waals surface area contributed by atoms with E-state index in [1.807, 2.05) is 30.3 Å². The van der Waals surface area contributed by atoms with Gasteiger partial charge in [0.1, 0.15) is 5.82 Å². The Morgan fingerprint density at radius 2 is 1.61 bits per heavy atom. The van der Waals surface area contributed by atoms with Crippen molar-refractivity contribution in [1.29, 1.82) is 0 Å². The number of rotatable bonds is 3. The third-order valence-corrected chi connectivity index (χ3v) is 5.35. The van der Waals surface area contributed by atoms with Crippen molar-refractivity contribution in [3.8, 4) is 0 Å². The van der Waals surface area contributed by atoms with Crippen molar-refractivity contribution in [2.45, 2.75) is 18.4 Å². The molecule has 4 rings (SSSR count). The normalized spacial score (nSPS) is 24.7. The molecule has 2 nitrogen and oxygen atoms in total. The Balaban J connectivity index is 1.36. The van der Waals surface area contributed by atoms with Gasteiger partial charge >= 0.3 is 0 Å². The standard InChI is InChI=1S/C19H20ClFN2/c20-17-3-1-2-4-18(17)22-9-11-23(12-10-22)19-13-16(19)14-5-7-15(21)8-6-14/h1-8,16,19H,9-13H2/t16-,19+/m1/s1. The highest BCUT2D eigenvalue weighted by atomic mass is 35.5. The van der Waals surface area contributed by atoms with Gasteiger partial charge in [0.05, 0.1) is 10.7 Å². The van der Waals surface area contributed by atoms with Crippen LogP contribution in [0.1, 0.15) is 17.9 Å². The Bertz CT molecular complexity index is 680. The van der Waals surface area contributed by atoms with Crippen molar-refractivity contribution < 1.29 is 4.39 Å². The molecule has 1 heterocycles. The number of para-hydroxylation sites is 1. The maximum absolute atomic E-state index is 13.0. The first-order chi connectivity index (χ1) is 11.2. The lowest BCUT2D eigenvalue weighted by Crippen LogP contribution is -2.47. The van der Waals surface area contributed by atoms with E-state index in [-0.39, 0.29) is 5.82 Å². The highest BCUT2D eigenvalue weighted by Crippen LogP contribution is 2.45. The van der Waals surface area contributed by atoms with E-state index in [0.29, 0.717) is 12.0 Å². The number of anilines is 1. The van der Waals surface area contributed by atoms with Gasteiger partial charge in [-0.2, -0.15) is 0 Å². The second-order valence-electron chi connectivity index (χ2n) is 6.44. The zero-order valence-corrected chi connectivity index (χ0v) is 13.7. The summed E-state index contributed by atoms with van der Waals surface area (Å²) in [6, 6.07) is 15.7. The summed E-state index contributed by atoms with van der Waals surface area (Å²) in [6.07, 6.45) is 1.19. The van der Waals surface area contributed by atoms with Crippen LogP contribution in [0.4, 0.5) is 10.1 Å². The van der Waals surface area contributed by atoms with Gasteiger partial charge in [-0.1, -0.05) is 35.9 Å². The van der Waals surface area contributed by atoms with Gasteiger partial charge in [-0.25, -0.2) is 4.39 Å². The fourth-order valence-electron chi connectivity index (χ4n) is 3.66. The maximum Gasteiger partial charge on any atom is 0.123 e. The Labute approximate surface area is 141 Å². The van der Waals surface area contributed by atoms with Gasteiger partial charge in [0.2, 0.25) is 0 Å². The van der Waals surface area contributed by atoms with E-state index in [2.05, 4.69) is 15.9 Å². The lowest BCUT2D eigenvalue weighted by Gasteiger charge is -2.36. The molecule has 1 aliphatic carbocycles. The van der Waals surface area contributed by atoms with Crippen LogP contribution in [0.25, 0.3) is 0 Å². The van der Waals surface area contributed by atoms with E-state index < -0.39 is 0 Å². The van der Waals surface area contributed by atoms with Crippen molar-refractivity contribution in [3.63, 3.8) is 0 Å². The first-order valence-electron chi connectivity index (χ1n) is 8.21. The molecule has 0 unspecified atom stereocenters. The number of benzene rings is 2. The fourth-order valence-corrected chi connectivity index (χ4v) is 3.91. The number of nitrogens with zero attached hydrogens (tertiary/aromatic N) is 2. The SMILES string of the molecule is Fc1ccc([C@H]2C[C@@H]2N2CCN(c3ccccc3Cl)CC2)cc1. The second kappa shape index (κ2) is 6.14. The summed E-state index contributed by atoms with van der Waals surface area (Å²) in [4.78, 5) is 4.94. The van der Waals surface area contributed by atoms with Crippen LogP contribution in [-0.4, -0.2) is 37.1 Å². The van der Waals surface area contributed by atoms with Crippen molar-refractivity contribution in [3.05, 3.63) is 64.9 Å². The third-order valence-electron chi connectivity index (χ3n) is 5.03. The zero-order chi connectivity index (χ0) is 15.8. The molecule has 2 fully saturated rings. The minimum atomic E-state index is -0.153. The first-order valence-corrected chi connectivity index (χ1v) is 8.59. The topological polar surface area (TPSA) is 6.48 Å². The van der Waals surface area contributed by atoms with Gasteiger partial charge in [0.25, 0.3) is 0 Å². The molecular weight excluding hydrogens is 311 g/mol. The average Bonchev–Trinajstić information content (AvgIpc) is 3.37. The molecule has 4 heteroatoms. The van der Waals surface area contributed by atoms with Crippen LogP contribution in [0.5, 0.6) is 0 Å². The fraction of sp³-hybridized carbons (Fsp3) is 0.368. The molecule has 2 aromatic rings. The number of hydrogen-bond acceptors (Lipinski definition) is 2. The van der Waals surface area contributed by atoms with Crippen molar-refractivity contribution in [2.75, 3.05) is 31.1 Å². The van der Waals surface area contributed by atoms with Crippen LogP contribution in [0.3, 0.4) is 0 Å². The van der Waals surface area contributed by atoms with E-state index in [0.717, 1.165) is 36.9 Å². The lowest BCUT2D eigenvalue weighted by molar-refractivity contribution is 0.244. The molecule has 23 heavy (non-hydrogen) atoms. The predicted octanol–water partition coefficient (Wildman–Crippen LogP) is 4.16. The van der Waals surface area contributed by atoms with Crippen LogP contribution in [-0.2, 0) is 0 Å². The number of halogens is 2. The molecule has 0 radical (unpaired) electrons. The van der Waals surface area contributed by atoms with E-state index in [1.54, 1.807) is 12.1 Å². The van der Waals surface area contributed by atoms with E-state index >= 15 is 0 Å². The molecular formula is C19H20ClFN2. The molecule has 0 bridgehead atoms. The smallest absolute Gasteiger partial charge is 0.123 e. The van der Waals surface area contributed by atoms with Crippen LogP contribution >= 0.6 is 11.6 Å². The Morgan fingerprint density at radius 1 is 0.913 bits per heavy atom. The molecule has 1 saturated heterocycles. The summed E-state index contributed by atoms with van der Waals surface area (Å²) in [6.45, 7) is 4.15. The Morgan fingerprint density at radius 3 is 2.30 bits per heavy atom. The molecule has 0 aromatic heterocycles. The predicted molar refractivity (Wildman–Crippen MR) is 92.8 cm³/mol. The quantitative estimate of drug-likeness (QED) is 0.834. The summed E-state index contributed by atoms with van der Waals surface area (Å²) in [5.74, 6) is 0.418. The van der Waals surface area contributed by atoms with Gasteiger partial charge in [-0.15, -0.1) is 0 Å². The summed E-state index contributed by atoms with van der Waals surface area (Å²) >= 11 is 6.30. The Hall–Kier alpha value is -1.58. The van der Waals surface area contributed by atoms with Gasteiger partial charge in [-0.3, -0.25) is 4.90 Å². The van der Waals surface area contributed by atoms with Crippen LogP contribution in [0.15, 0.2) is 48.5 Å².